The smallest absolute Gasteiger partial charge is 0.142 e. The quantitative estimate of drug-likeness (QED) is 0.466. The summed E-state index contributed by atoms with van der Waals surface area (Å²) < 4.78 is 16.1. The minimum atomic E-state index is 0.224. The molecule has 1 aromatic carbocycles. The van der Waals surface area contributed by atoms with E-state index in [0.717, 1.165) is 50.2 Å². The Labute approximate surface area is 124 Å². The molecule has 3 saturated heterocycles. The predicted molar refractivity (Wildman–Crippen MR) is 77.6 cm³/mol. The Bertz CT molecular complexity index is 533. The highest BCUT2D eigenvalue weighted by molar-refractivity contribution is 5.67. The van der Waals surface area contributed by atoms with E-state index in [9.17, 15) is 5.11 Å². The first-order valence-corrected chi connectivity index (χ1v) is 7.60. The second-order valence-electron chi connectivity index (χ2n) is 6.30. The van der Waals surface area contributed by atoms with Gasteiger partial charge in [0.15, 0.2) is 0 Å². The average molecular weight is 291 g/mol. The van der Waals surface area contributed by atoms with Crippen molar-refractivity contribution in [2.75, 3.05) is 25.6 Å². The molecular formula is C16H21NO4. The highest BCUT2D eigenvalue weighted by Crippen LogP contribution is 2.40. The number of hydrogen-bond acceptors (Lipinski definition) is 5. The van der Waals surface area contributed by atoms with Crippen molar-refractivity contribution in [1.29, 1.82) is 0 Å². The van der Waals surface area contributed by atoms with Crippen molar-refractivity contribution < 1.29 is 19.3 Å². The molecule has 114 valence electrons. The lowest BCUT2D eigenvalue weighted by Crippen LogP contribution is -2.12. The van der Waals surface area contributed by atoms with Crippen LogP contribution in [0.1, 0.15) is 22.3 Å². The summed E-state index contributed by atoms with van der Waals surface area (Å²) in [5.74, 6) is 0.235. The lowest BCUT2D eigenvalue weighted by atomic mass is 9.87. The highest BCUT2D eigenvalue weighted by Gasteiger charge is 2.34. The van der Waals surface area contributed by atoms with Crippen molar-refractivity contribution >= 4 is 5.69 Å². The molecule has 5 nitrogen and oxygen atoms in total. The van der Waals surface area contributed by atoms with Crippen LogP contribution in [-0.2, 0) is 33.5 Å². The molecule has 0 amide bonds. The van der Waals surface area contributed by atoms with Gasteiger partial charge in [0, 0.05) is 24.8 Å². The second kappa shape index (κ2) is 4.87. The van der Waals surface area contributed by atoms with Gasteiger partial charge in [-0.05, 0) is 23.6 Å². The first kappa shape index (κ1) is 13.4. The van der Waals surface area contributed by atoms with E-state index in [1.165, 1.54) is 11.1 Å². The normalized spacial score (nSPS) is 29.5. The van der Waals surface area contributed by atoms with E-state index in [-0.39, 0.29) is 18.0 Å². The maximum absolute atomic E-state index is 10.5. The number of phenolic OH excluding ortho intramolecular Hbond substituents is 1. The van der Waals surface area contributed by atoms with E-state index in [1.54, 1.807) is 0 Å². The van der Waals surface area contributed by atoms with Gasteiger partial charge in [-0.2, -0.15) is 0 Å². The topological polar surface area (TPSA) is 83.8 Å². The van der Waals surface area contributed by atoms with E-state index in [1.807, 2.05) is 6.92 Å². The molecule has 0 saturated carbocycles. The number of ether oxygens (including phenoxy) is 3. The van der Waals surface area contributed by atoms with E-state index < -0.39 is 0 Å². The van der Waals surface area contributed by atoms with Crippen molar-refractivity contribution in [1.82, 2.24) is 0 Å². The molecule has 3 aliphatic heterocycles. The minimum absolute atomic E-state index is 0.224. The standard InChI is InChI=1S/C16H21NO4/c1-8-12(2-9-5-19-9)13(3-10-6-20-10)14(4-11-7-21-11)16(18)15(8)17/h9-11,18H,2-7,17H2,1H3. The van der Waals surface area contributed by atoms with Crippen LogP contribution < -0.4 is 5.73 Å². The number of epoxide rings is 3. The molecule has 3 atom stereocenters. The number of benzene rings is 1. The Morgan fingerprint density at radius 3 is 1.81 bits per heavy atom. The summed E-state index contributed by atoms with van der Waals surface area (Å²) in [4.78, 5) is 0. The molecule has 5 heteroatoms. The maximum Gasteiger partial charge on any atom is 0.142 e. The summed E-state index contributed by atoms with van der Waals surface area (Å²) in [6.45, 7) is 4.39. The molecule has 0 spiro atoms. The lowest BCUT2D eigenvalue weighted by molar-refractivity contribution is 0.393. The Hall–Kier alpha value is -1.30. The minimum Gasteiger partial charge on any atom is -0.505 e. The summed E-state index contributed by atoms with van der Waals surface area (Å²) in [7, 11) is 0. The summed E-state index contributed by atoms with van der Waals surface area (Å²) in [5, 5.41) is 10.5. The summed E-state index contributed by atoms with van der Waals surface area (Å²) in [5.41, 5.74) is 11.0. The van der Waals surface area contributed by atoms with Crippen LogP contribution in [0.2, 0.25) is 0 Å². The van der Waals surface area contributed by atoms with Crippen molar-refractivity contribution in [2.24, 2.45) is 0 Å². The van der Waals surface area contributed by atoms with E-state index in [0.29, 0.717) is 11.8 Å². The number of nitrogens with two attached hydrogens (primary N) is 1. The molecule has 0 aliphatic carbocycles. The van der Waals surface area contributed by atoms with Crippen LogP contribution in [0.25, 0.3) is 0 Å². The van der Waals surface area contributed by atoms with Gasteiger partial charge in [-0.1, -0.05) is 0 Å². The molecule has 0 aromatic heterocycles. The molecular weight excluding hydrogens is 270 g/mol. The van der Waals surface area contributed by atoms with Gasteiger partial charge in [0.05, 0.1) is 43.8 Å². The monoisotopic (exact) mass is 291 g/mol. The summed E-state index contributed by atoms with van der Waals surface area (Å²) >= 11 is 0. The number of rotatable bonds is 6. The van der Waals surface area contributed by atoms with Crippen molar-refractivity contribution in [3.63, 3.8) is 0 Å². The van der Waals surface area contributed by atoms with Crippen LogP contribution in [0, 0.1) is 6.92 Å². The number of anilines is 1. The van der Waals surface area contributed by atoms with Gasteiger partial charge in [-0.15, -0.1) is 0 Å². The fraction of sp³-hybridized carbons (Fsp3) is 0.625. The Morgan fingerprint density at radius 2 is 1.33 bits per heavy atom. The van der Waals surface area contributed by atoms with Gasteiger partial charge in [-0.25, -0.2) is 0 Å². The highest BCUT2D eigenvalue weighted by atomic mass is 16.6. The van der Waals surface area contributed by atoms with Crippen LogP contribution in [0.3, 0.4) is 0 Å². The van der Waals surface area contributed by atoms with Gasteiger partial charge in [0.25, 0.3) is 0 Å². The first-order valence-electron chi connectivity index (χ1n) is 7.60. The third kappa shape index (κ3) is 2.73. The van der Waals surface area contributed by atoms with Crippen LogP contribution in [-0.4, -0.2) is 43.2 Å². The molecule has 3 unspecified atom stereocenters. The molecule has 3 N–H and O–H groups in total. The Kier molecular flexibility index (Phi) is 3.10. The fourth-order valence-electron chi connectivity index (χ4n) is 3.04. The molecule has 3 heterocycles. The van der Waals surface area contributed by atoms with E-state index in [4.69, 9.17) is 19.9 Å². The molecule has 0 bridgehead atoms. The third-order valence-corrected chi connectivity index (χ3v) is 4.63. The lowest BCUT2D eigenvalue weighted by Gasteiger charge is -2.20. The van der Waals surface area contributed by atoms with Crippen LogP contribution in [0.15, 0.2) is 0 Å². The number of aromatic hydroxyl groups is 1. The van der Waals surface area contributed by atoms with Crippen LogP contribution >= 0.6 is 0 Å². The Balaban J connectivity index is 1.78. The third-order valence-electron chi connectivity index (χ3n) is 4.63. The zero-order chi connectivity index (χ0) is 14.6. The molecule has 0 radical (unpaired) electrons. The van der Waals surface area contributed by atoms with Gasteiger partial charge >= 0.3 is 0 Å². The number of hydrogen-bond donors (Lipinski definition) is 2. The molecule has 21 heavy (non-hydrogen) atoms. The predicted octanol–water partition coefficient (Wildman–Crippen LogP) is 1.11. The number of phenols is 1. The van der Waals surface area contributed by atoms with Crippen molar-refractivity contribution in [3.8, 4) is 5.75 Å². The van der Waals surface area contributed by atoms with Crippen molar-refractivity contribution in [3.05, 3.63) is 22.3 Å². The van der Waals surface area contributed by atoms with Crippen LogP contribution in [0.4, 0.5) is 5.69 Å². The zero-order valence-electron chi connectivity index (χ0n) is 12.2. The van der Waals surface area contributed by atoms with Crippen LogP contribution in [0.5, 0.6) is 5.75 Å². The largest absolute Gasteiger partial charge is 0.505 e. The van der Waals surface area contributed by atoms with Crippen molar-refractivity contribution in [2.45, 2.75) is 44.5 Å². The average Bonchev–Trinajstić information content (AvgIpc) is 3.31. The SMILES string of the molecule is Cc1c(N)c(O)c(CC2CO2)c(CC2CO2)c1CC1CO1. The van der Waals surface area contributed by atoms with E-state index >= 15 is 0 Å². The fourth-order valence-corrected chi connectivity index (χ4v) is 3.04. The first-order chi connectivity index (χ1) is 10.1. The number of nitrogen functional groups attached to an aromatic ring is 1. The molecule has 4 rings (SSSR count). The van der Waals surface area contributed by atoms with Gasteiger partial charge in [0.2, 0.25) is 0 Å². The summed E-state index contributed by atoms with van der Waals surface area (Å²) in [6.07, 6.45) is 3.26. The van der Waals surface area contributed by atoms with Gasteiger partial charge < -0.3 is 25.1 Å². The zero-order valence-corrected chi connectivity index (χ0v) is 12.2. The summed E-state index contributed by atoms with van der Waals surface area (Å²) in [6, 6.07) is 0. The Morgan fingerprint density at radius 1 is 0.905 bits per heavy atom. The molecule has 3 aliphatic rings. The van der Waals surface area contributed by atoms with Gasteiger partial charge in [0.1, 0.15) is 5.75 Å². The van der Waals surface area contributed by atoms with Gasteiger partial charge in [-0.3, -0.25) is 0 Å². The maximum atomic E-state index is 10.5. The van der Waals surface area contributed by atoms with E-state index in [2.05, 4.69) is 0 Å². The molecule has 3 fully saturated rings. The molecule has 1 aromatic rings. The second-order valence-corrected chi connectivity index (χ2v) is 6.30.